The Morgan fingerprint density at radius 2 is 2.00 bits per heavy atom. The summed E-state index contributed by atoms with van der Waals surface area (Å²) in [6, 6.07) is 8.31. The number of aromatic nitrogens is 4. The Morgan fingerprint density at radius 1 is 1.23 bits per heavy atom. The van der Waals surface area contributed by atoms with Gasteiger partial charge in [0, 0.05) is 6.42 Å². The SMILES string of the molecule is Cc1ccc(Cc2nn[nH]n2)cc1. The van der Waals surface area contributed by atoms with Gasteiger partial charge in [0.15, 0.2) is 5.82 Å². The molecule has 0 aliphatic heterocycles. The molecule has 0 unspecified atom stereocenters. The fourth-order valence-corrected chi connectivity index (χ4v) is 1.15. The van der Waals surface area contributed by atoms with E-state index in [0.29, 0.717) is 0 Å². The van der Waals surface area contributed by atoms with Gasteiger partial charge in [-0.1, -0.05) is 35.0 Å². The smallest absolute Gasteiger partial charge is 0.177 e. The Labute approximate surface area is 76.0 Å². The van der Waals surface area contributed by atoms with Crippen molar-refractivity contribution in [2.75, 3.05) is 0 Å². The van der Waals surface area contributed by atoms with Crippen LogP contribution >= 0.6 is 0 Å². The molecule has 0 aliphatic rings. The van der Waals surface area contributed by atoms with E-state index in [4.69, 9.17) is 0 Å². The van der Waals surface area contributed by atoms with Crippen molar-refractivity contribution < 1.29 is 0 Å². The zero-order chi connectivity index (χ0) is 9.10. The molecule has 0 spiro atoms. The van der Waals surface area contributed by atoms with E-state index in [0.717, 1.165) is 12.2 Å². The van der Waals surface area contributed by atoms with E-state index in [1.807, 2.05) is 0 Å². The molecule has 2 rings (SSSR count). The fraction of sp³-hybridized carbons (Fsp3) is 0.222. The minimum atomic E-state index is 0.726. The summed E-state index contributed by atoms with van der Waals surface area (Å²) in [6.07, 6.45) is 0.733. The molecular weight excluding hydrogens is 164 g/mol. The lowest BCUT2D eigenvalue weighted by atomic mass is 10.1. The van der Waals surface area contributed by atoms with Crippen LogP contribution in [0, 0.1) is 6.92 Å². The van der Waals surface area contributed by atoms with Crippen molar-refractivity contribution in [1.29, 1.82) is 0 Å². The average Bonchev–Trinajstić information content (AvgIpc) is 2.62. The summed E-state index contributed by atoms with van der Waals surface area (Å²) >= 11 is 0. The Balaban J connectivity index is 2.15. The molecule has 4 nitrogen and oxygen atoms in total. The lowest BCUT2D eigenvalue weighted by Gasteiger charge is -1.96. The monoisotopic (exact) mass is 174 g/mol. The average molecular weight is 174 g/mol. The van der Waals surface area contributed by atoms with Crippen LogP contribution < -0.4 is 0 Å². The molecule has 0 fully saturated rings. The van der Waals surface area contributed by atoms with Gasteiger partial charge in [-0.2, -0.15) is 5.21 Å². The molecule has 1 aromatic carbocycles. The predicted octanol–water partition coefficient (Wildman–Crippen LogP) is 1.10. The second-order valence-electron chi connectivity index (χ2n) is 2.99. The van der Waals surface area contributed by atoms with Gasteiger partial charge in [0.2, 0.25) is 0 Å². The molecule has 0 saturated carbocycles. The molecule has 0 aliphatic carbocycles. The molecule has 66 valence electrons. The quantitative estimate of drug-likeness (QED) is 0.741. The molecule has 4 heteroatoms. The second kappa shape index (κ2) is 3.35. The van der Waals surface area contributed by atoms with Crippen molar-refractivity contribution in [2.45, 2.75) is 13.3 Å². The Kier molecular flexibility index (Phi) is 2.04. The maximum atomic E-state index is 3.89. The summed E-state index contributed by atoms with van der Waals surface area (Å²) in [5.74, 6) is 0.726. The predicted molar refractivity (Wildman–Crippen MR) is 48.2 cm³/mol. The number of H-pyrrole nitrogens is 1. The summed E-state index contributed by atoms with van der Waals surface area (Å²) in [5.41, 5.74) is 2.46. The molecule has 1 heterocycles. The molecule has 1 N–H and O–H groups in total. The van der Waals surface area contributed by atoms with Crippen LogP contribution in [0.5, 0.6) is 0 Å². The van der Waals surface area contributed by atoms with E-state index in [-0.39, 0.29) is 0 Å². The lowest BCUT2D eigenvalue weighted by molar-refractivity contribution is 0.881. The molecule has 1 aromatic heterocycles. The van der Waals surface area contributed by atoms with Crippen LogP contribution in [-0.4, -0.2) is 20.6 Å². The third-order valence-corrected chi connectivity index (χ3v) is 1.87. The number of rotatable bonds is 2. The van der Waals surface area contributed by atoms with Crippen LogP contribution in [0.2, 0.25) is 0 Å². The van der Waals surface area contributed by atoms with Gasteiger partial charge < -0.3 is 0 Å². The number of tetrazole rings is 1. The van der Waals surface area contributed by atoms with Crippen LogP contribution in [0.15, 0.2) is 24.3 Å². The second-order valence-corrected chi connectivity index (χ2v) is 2.99. The van der Waals surface area contributed by atoms with Gasteiger partial charge >= 0.3 is 0 Å². The van der Waals surface area contributed by atoms with E-state index in [2.05, 4.69) is 51.8 Å². The number of hydrogen-bond acceptors (Lipinski definition) is 3. The number of nitrogens with one attached hydrogen (secondary N) is 1. The molecule has 13 heavy (non-hydrogen) atoms. The van der Waals surface area contributed by atoms with E-state index in [9.17, 15) is 0 Å². The summed E-state index contributed by atoms with van der Waals surface area (Å²) in [7, 11) is 0. The minimum Gasteiger partial charge on any atom is -0.177 e. The van der Waals surface area contributed by atoms with Gasteiger partial charge in [-0.25, -0.2) is 0 Å². The van der Waals surface area contributed by atoms with Crippen molar-refractivity contribution in [3.8, 4) is 0 Å². The summed E-state index contributed by atoms with van der Waals surface area (Å²) in [5, 5.41) is 13.7. The van der Waals surface area contributed by atoms with Crippen molar-refractivity contribution in [2.24, 2.45) is 0 Å². The summed E-state index contributed by atoms with van der Waals surface area (Å²) in [4.78, 5) is 0. The van der Waals surface area contributed by atoms with Gasteiger partial charge in [0.05, 0.1) is 0 Å². The fourth-order valence-electron chi connectivity index (χ4n) is 1.15. The number of benzene rings is 1. The normalized spacial score (nSPS) is 10.2. The summed E-state index contributed by atoms with van der Waals surface area (Å²) in [6.45, 7) is 2.07. The maximum Gasteiger partial charge on any atom is 0.178 e. The highest BCUT2D eigenvalue weighted by Crippen LogP contribution is 2.05. The molecule has 0 radical (unpaired) electrons. The highest BCUT2D eigenvalue weighted by atomic mass is 15.5. The van der Waals surface area contributed by atoms with Gasteiger partial charge in [0.1, 0.15) is 0 Å². The van der Waals surface area contributed by atoms with Crippen LogP contribution in [0.1, 0.15) is 17.0 Å². The number of aryl methyl sites for hydroxylation is 1. The number of aromatic amines is 1. The Morgan fingerprint density at radius 3 is 2.62 bits per heavy atom. The molecule has 0 saturated heterocycles. The van der Waals surface area contributed by atoms with Crippen molar-refractivity contribution in [3.63, 3.8) is 0 Å². The van der Waals surface area contributed by atoms with E-state index < -0.39 is 0 Å². The van der Waals surface area contributed by atoms with Gasteiger partial charge in [-0.15, -0.1) is 10.2 Å². The van der Waals surface area contributed by atoms with Crippen molar-refractivity contribution in [3.05, 3.63) is 41.2 Å². The summed E-state index contributed by atoms with van der Waals surface area (Å²) < 4.78 is 0. The van der Waals surface area contributed by atoms with E-state index >= 15 is 0 Å². The first-order chi connectivity index (χ1) is 6.34. The topological polar surface area (TPSA) is 54.5 Å². The van der Waals surface area contributed by atoms with E-state index in [1.165, 1.54) is 11.1 Å². The first kappa shape index (κ1) is 7.91. The van der Waals surface area contributed by atoms with E-state index in [1.54, 1.807) is 0 Å². The van der Waals surface area contributed by atoms with Crippen molar-refractivity contribution in [1.82, 2.24) is 20.6 Å². The Bertz CT molecular complexity index is 363. The first-order valence-corrected chi connectivity index (χ1v) is 4.12. The zero-order valence-electron chi connectivity index (χ0n) is 7.36. The van der Waals surface area contributed by atoms with Crippen molar-refractivity contribution >= 4 is 0 Å². The number of hydrogen-bond donors (Lipinski definition) is 1. The third kappa shape index (κ3) is 1.90. The first-order valence-electron chi connectivity index (χ1n) is 4.12. The van der Waals surface area contributed by atoms with Gasteiger partial charge in [0.25, 0.3) is 0 Å². The largest absolute Gasteiger partial charge is 0.178 e. The molecular formula is C9H10N4. The number of nitrogens with zero attached hydrogens (tertiary/aromatic N) is 3. The van der Waals surface area contributed by atoms with Crippen LogP contribution in [-0.2, 0) is 6.42 Å². The Hall–Kier alpha value is -1.71. The van der Waals surface area contributed by atoms with Crippen LogP contribution in [0.25, 0.3) is 0 Å². The third-order valence-electron chi connectivity index (χ3n) is 1.87. The van der Waals surface area contributed by atoms with Gasteiger partial charge in [-0.05, 0) is 12.5 Å². The lowest BCUT2D eigenvalue weighted by Crippen LogP contribution is -1.90. The maximum absolute atomic E-state index is 3.89. The molecule has 0 bridgehead atoms. The highest BCUT2D eigenvalue weighted by molar-refractivity contribution is 5.23. The van der Waals surface area contributed by atoms with Crippen LogP contribution in [0.3, 0.4) is 0 Å². The highest BCUT2D eigenvalue weighted by Gasteiger charge is 1.99. The standard InChI is InChI=1S/C9H10N4/c1-7-2-4-8(5-3-7)6-9-10-12-13-11-9/h2-5H,6H2,1H3,(H,10,11,12,13). The minimum absolute atomic E-state index is 0.726. The molecule has 0 amide bonds. The van der Waals surface area contributed by atoms with Crippen LogP contribution in [0.4, 0.5) is 0 Å². The van der Waals surface area contributed by atoms with Gasteiger partial charge in [-0.3, -0.25) is 0 Å². The molecule has 2 aromatic rings. The zero-order valence-corrected chi connectivity index (χ0v) is 7.36. The molecule has 0 atom stereocenters.